The van der Waals surface area contributed by atoms with Crippen LogP contribution in [0.2, 0.25) is 0 Å². The van der Waals surface area contributed by atoms with Crippen LogP contribution >= 0.6 is 28.3 Å². The monoisotopic (exact) mass is 416 g/mol. The molecule has 1 unspecified atom stereocenters. The van der Waals surface area contributed by atoms with Gasteiger partial charge in [-0.25, -0.2) is 13.1 Å². The molecule has 1 aromatic rings. The molecule has 0 fully saturated rings. The maximum atomic E-state index is 12.4. The molecule has 0 amide bonds. The van der Waals surface area contributed by atoms with Crippen LogP contribution in [0.3, 0.4) is 0 Å². The van der Waals surface area contributed by atoms with Crippen molar-refractivity contribution in [2.45, 2.75) is 17.9 Å². The smallest absolute Gasteiger partial charge is 0.244 e. The van der Waals surface area contributed by atoms with Gasteiger partial charge in [0.2, 0.25) is 10.0 Å². The molecular weight excluding hydrogens is 396 g/mol. The molecular formula is C13H22BrClN2O4S. The van der Waals surface area contributed by atoms with Gasteiger partial charge >= 0.3 is 0 Å². The van der Waals surface area contributed by atoms with Crippen molar-refractivity contribution in [2.24, 2.45) is 0 Å². The highest BCUT2D eigenvalue weighted by Crippen LogP contribution is 2.27. The molecule has 0 aromatic heterocycles. The molecule has 0 heterocycles. The fourth-order valence-corrected chi connectivity index (χ4v) is 3.27. The third-order valence-electron chi connectivity index (χ3n) is 2.81. The predicted octanol–water partition coefficient (Wildman–Crippen LogP) is 1.78. The summed E-state index contributed by atoms with van der Waals surface area (Å²) in [5.74, 6) is 0.305. The van der Waals surface area contributed by atoms with Crippen LogP contribution in [0.15, 0.2) is 27.6 Å². The van der Waals surface area contributed by atoms with Gasteiger partial charge in [-0.15, -0.1) is 12.4 Å². The van der Waals surface area contributed by atoms with Crippen molar-refractivity contribution in [3.05, 3.63) is 22.7 Å². The number of rotatable bonds is 9. The van der Waals surface area contributed by atoms with Gasteiger partial charge < -0.3 is 14.8 Å². The third kappa shape index (κ3) is 6.80. The second-order valence-corrected chi connectivity index (χ2v) is 7.12. The largest absolute Gasteiger partial charge is 0.490 e. The topological polar surface area (TPSA) is 76.7 Å². The van der Waals surface area contributed by atoms with E-state index >= 15 is 0 Å². The summed E-state index contributed by atoms with van der Waals surface area (Å²) >= 11 is 3.28. The molecule has 0 saturated heterocycles. The first-order chi connectivity index (χ1) is 9.90. The molecule has 1 aromatic carbocycles. The molecule has 1 rings (SSSR count). The maximum absolute atomic E-state index is 12.4. The van der Waals surface area contributed by atoms with Gasteiger partial charge in [-0.05, 0) is 32.2 Å². The minimum atomic E-state index is -3.64. The number of likely N-dealkylation sites (N-methyl/N-ethyl adjacent to an activating group) is 1. The number of ether oxygens (including phenoxy) is 2. The molecule has 1 atom stereocenters. The number of benzene rings is 1. The summed E-state index contributed by atoms with van der Waals surface area (Å²) in [6, 6.07) is 4.91. The van der Waals surface area contributed by atoms with E-state index in [0.717, 1.165) is 0 Å². The summed E-state index contributed by atoms with van der Waals surface area (Å²) in [5, 5.41) is 2.97. The van der Waals surface area contributed by atoms with Crippen LogP contribution in [0, 0.1) is 0 Å². The van der Waals surface area contributed by atoms with E-state index in [4.69, 9.17) is 9.47 Å². The molecule has 22 heavy (non-hydrogen) atoms. The van der Waals surface area contributed by atoms with Gasteiger partial charge in [-0.1, -0.05) is 15.9 Å². The first kappa shape index (κ1) is 21.6. The fraction of sp³-hybridized carbons (Fsp3) is 0.538. The van der Waals surface area contributed by atoms with Crippen LogP contribution in [0.4, 0.5) is 0 Å². The van der Waals surface area contributed by atoms with E-state index in [-0.39, 0.29) is 30.0 Å². The Labute approximate surface area is 146 Å². The number of halogens is 2. The molecule has 9 heteroatoms. The van der Waals surface area contributed by atoms with Crippen LogP contribution < -0.4 is 14.8 Å². The molecule has 128 valence electrons. The number of sulfonamides is 1. The zero-order chi connectivity index (χ0) is 15.9. The van der Waals surface area contributed by atoms with Crippen LogP contribution in [0.25, 0.3) is 0 Å². The van der Waals surface area contributed by atoms with Crippen LogP contribution in [-0.2, 0) is 14.8 Å². The van der Waals surface area contributed by atoms with Gasteiger partial charge in [-0.3, -0.25) is 0 Å². The lowest BCUT2D eigenvalue weighted by Crippen LogP contribution is -2.37. The van der Waals surface area contributed by atoms with E-state index in [2.05, 4.69) is 26.0 Å². The second kappa shape index (κ2) is 10.4. The van der Waals surface area contributed by atoms with E-state index in [0.29, 0.717) is 23.4 Å². The Hall–Kier alpha value is -0.380. The SMILES string of the molecule is CNC(C)CNS(=O)(=O)c1cc(Br)ccc1OCCOC.Cl. The quantitative estimate of drug-likeness (QED) is 0.599. The van der Waals surface area contributed by atoms with E-state index in [1.54, 1.807) is 26.3 Å². The number of nitrogens with one attached hydrogen (secondary N) is 2. The average molecular weight is 418 g/mol. The summed E-state index contributed by atoms with van der Waals surface area (Å²) in [6.45, 7) is 2.86. The van der Waals surface area contributed by atoms with Crippen molar-refractivity contribution in [1.29, 1.82) is 0 Å². The number of hydrogen-bond acceptors (Lipinski definition) is 5. The number of hydrogen-bond donors (Lipinski definition) is 2. The molecule has 2 N–H and O–H groups in total. The Morgan fingerprint density at radius 2 is 2.00 bits per heavy atom. The molecule has 0 aliphatic carbocycles. The van der Waals surface area contributed by atoms with Gasteiger partial charge in [0.05, 0.1) is 6.61 Å². The molecule has 0 bridgehead atoms. The fourth-order valence-electron chi connectivity index (χ4n) is 1.46. The standard InChI is InChI=1S/C13H21BrN2O4S.ClH/c1-10(15-2)9-16-21(17,18)13-8-11(14)4-5-12(13)20-7-6-19-3;/h4-5,8,10,15-16H,6-7,9H2,1-3H3;1H. The van der Waals surface area contributed by atoms with Gasteiger partial charge in [0.15, 0.2) is 0 Å². The van der Waals surface area contributed by atoms with Crippen molar-refractivity contribution < 1.29 is 17.9 Å². The lowest BCUT2D eigenvalue weighted by Gasteiger charge is -2.15. The second-order valence-electron chi connectivity index (χ2n) is 4.47. The summed E-state index contributed by atoms with van der Waals surface area (Å²) in [6.07, 6.45) is 0. The van der Waals surface area contributed by atoms with E-state index in [1.807, 2.05) is 6.92 Å². The highest BCUT2D eigenvalue weighted by molar-refractivity contribution is 9.10. The average Bonchev–Trinajstić information content (AvgIpc) is 2.46. The minimum Gasteiger partial charge on any atom is -0.490 e. The Morgan fingerprint density at radius 3 is 2.59 bits per heavy atom. The van der Waals surface area contributed by atoms with E-state index < -0.39 is 10.0 Å². The zero-order valence-corrected chi connectivity index (χ0v) is 16.0. The lowest BCUT2D eigenvalue weighted by atomic mass is 10.3. The van der Waals surface area contributed by atoms with Crippen molar-refractivity contribution in [2.75, 3.05) is 33.9 Å². The van der Waals surface area contributed by atoms with Crippen molar-refractivity contribution in [3.63, 3.8) is 0 Å². The van der Waals surface area contributed by atoms with Crippen molar-refractivity contribution in [3.8, 4) is 5.75 Å². The minimum absolute atomic E-state index is 0. The van der Waals surface area contributed by atoms with Crippen molar-refractivity contribution in [1.82, 2.24) is 10.0 Å². The normalized spacial score (nSPS) is 12.5. The third-order valence-corrected chi connectivity index (χ3v) is 4.75. The van der Waals surface area contributed by atoms with Gasteiger partial charge in [0.25, 0.3) is 0 Å². The summed E-state index contributed by atoms with van der Waals surface area (Å²) in [5.41, 5.74) is 0. The Bertz CT molecular complexity index is 557. The molecule has 0 radical (unpaired) electrons. The molecule has 0 aliphatic heterocycles. The van der Waals surface area contributed by atoms with E-state index in [1.165, 1.54) is 6.07 Å². The summed E-state index contributed by atoms with van der Waals surface area (Å²) in [7, 11) is -0.308. The summed E-state index contributed by atoms with van der Waals surface area (Å²) in [4.78, 5) is 0.108. The van der Waals surface area contributed by atoms with Crippen molar-refractivity contribution >= 4 is 38.4 Å². The number of methoxy groups -OCH3 is 1. The Kier molecular flexibility index (Phi) is 10.2. The molecule has 0 aliphatic rings. The maximum Gasteiger partial charge on any atom is 0.244 e. The van der Waals surface area contributed by atoms with Crippen LogP contribution in [0.5, 0.6) is 5.75 Å². The Balaban J connectivity index is 0.00000441. The highest BCUT2D eigenvalue weighted by atomic mass is 79.9. The molecule has 0 saturated carbocycles. The van der Waals surface area contributed by atoms with Gasteiger partial charge in [0.1, 0.15) is 17.3 Å². The molecule has 0 spiro atoms. The van der Waals surface area contributed by atoms with Crippen LogP contribution in [0.1, 0.15) is 6.92 Å². The zero-order valence-electron chi connectivity index (χ0n) is 12.8. The first-order valence-electron chi connectivity index (χ1n) is 6.49. The highest BCUT2D eigenvalue weighted by Gasteiger charge is 2.20. The first-order valence-corrected chi connectivity index (χ1v) is 8.76. The molecule has 6 nitrogen and oxygen atoms in total. The summed E-state index contributed by atoms with van der Waals surface area (Å²) < 4.78 is 38.4. The lowest BCUT2D eigenvalue weighted by molar-refractivity contribution is 0.144. The van der Waals surface area contributed by atoms with Gasteiger partial charge in [-0.2, -0.15) is 0 Å². The van der Waals surface area contributed by atoms with Gasteiger partial charge in [0, 0.05) is 24.2 Å². The predicted molar refractivity (Wildman–Crippen MR) is 92.5 cm³/mol. The van der Waals surface area contributed by atoms with E-state index in [9.17, 15) is 8.42 Å². The Morgan fingerprint density at radius 1 is 1.32 bits per heavy atom. The van der Waals surface area contributed by atoms with Crippen LogP contribution in [-0.4, -0.2) is 48.4 Å².